The number of nitrogens with zero attached hydrogens (tertiary/aromatic N) is 3. The first kappa shape index (κ1) is 17.2. The van der Waals surface area contributed by atoms with Crippen LogP contribution in [0.3, 0.4) is 0 Å². The lowest BCUT2D eigenvalue weighted by Gasteiger charge is -2.22. The molecule has 0 spiro atoms. The molecule has 3 rings (SSSR count). The summed E-state index contributed by atoms with van der Waals surface area (Å²) in [7, 11) is 1.50. The van der Waals surface area contributed by atoms with Crippen LogP contribution in [0.15, 0.2) is 4.79 Å². The maximum absolute atomic E-state index is 12.1. The molecule has 0 radical (unpaired) electrons. The van der Waals surface area contributed by atoms with Crippen LogP contribution in [-0.4, -0.2) is 55.8 Å². The Morgan fingerprint density at radius 1 is 1.50 bits per heavy atom. The Balaban J connectivity index is 2.20. The van der Waals surface area contributed by atoms with E-state index in [1.807, 2.05) is 6.92 Å². The van der Waals surface area contributed by atoms with Crippen LogP contribution in [0.2, 0.25) is 0 Å². The van der Waals surface area contributed by atoms with Crippen molar-refractivity contribution in [3.05, 3.63) is 16.2 Å². The van der Waals surface area contributed by atoms with Crippen LogP contribution >= 0.6 is 12.6 Å². The lowest BCUT2D eigenvalue weighted by Crippen LogP contribution is -2.34. The molecule has 10 heteroatoms. The van der Waals surface area contributed by atoms with Gasteiger partial charge in [-0.2, -0.15) is 17.6 Å². The fraction of sp³-hybridized carbons (Fsp3) is 0.643. The average Bonchev–Trinajstić information content (AvgIpc) is 3.05. The molecule has 4 N–H and O–H groups in total. The highest BCUT2D eigenvalue weighted by Crippen LogP contribution is 2.34. The normalized spacial score (nSPS) is 27.2. The summed E-state index contributed by atoms with van der Waals surface area (Å²) < 4.78 is 13.1. The van der Waals surface area contributed by atoms with Gasteiger partial charge >= 0.3 is 0 Å². The van der Waals surface area contributed by atoms with Gasteiger partial charge in [-0.3, -0.25) is 14.3 Å². The molecule has 0 amide bonds. The lowest BCUT2D eigenvalue weighted by atomic mass is 10.1. The first-order valence-corrected chi connectivity index (χ1v) is 8.38. The van der Waals surface area contributed by atoms with Gasteiger partial charge in [0.2, 0.25) is 5.95 Å². The summed E-state index contributed by atoms with van der Waals surface area (Å²) in [5.74, 6) is 0.966. The van der Waals surface area contributed by atoms with E-state index in [0.29, 0.717) is 23.6 Å². The molecule has 2 aromatic heterocycles. The molecule has 132 valence electrons. The number of aliphatic hydroxyl groups is 1. The van der Waals surface area contributed by atoms with Crippen molar-refractivity contribution in [3.63, 3.8) is 0 Å². The molecule has 2 aromatic rings. The number of anilines is 1. The van der Waals surface area contributed by atoms with Gasteiger partial charge in [0.1, 0.15) is 18.0 Å². The summed E-state index contributed by atoms with van der Waals surface area (Å²) in [5.41, 5.74) is 5.78. The Morgan fingerprint density at radius 2 is 2.25 bits per heavy atom. The van der Waals surface area contributed by atoms with Gasteiger partial charge < -0.3 is 20.3 Å². The number of fused-ring (bicyclic) bond motifs is 1. The second kappa shape index (κ2) is 6.71. The number of nitrogens with two attached hydrogens (primary N) is 1. The molecule has 9 nitrogen and oxygen atoms in total. The van der Waals surface area contributed by atoms with Gasteiger partial charge in [-0.05, 0) is 6.42 Å². The number of rotatable bonds is 5. The number of aryl methyl sites for hydroxylation is 1. The summed E-state index contributed by atoms with van der Waals surface area (Å²) in [4.78, 5) is 23.2. The fourth-order valence-electron chi connectivity index (χ4n) is 3.05. The Kier molecular flexibility index (Phi) is 4.81. The summed E-state index contributed by atoms with van der Waals surface area (Å²) in [5, 5.41) is 10.4. The number of thiol groups is 1. The number of aliphatic hydroxyl groups excluding tert-OH is 1. The molecular formula is C14H21N5O4S. The van der Waals surface area contributed by atoms with Gasteiger partial charge in [-0.1, -0.05) is 6.92 Å². The SMILES string of the molecule is CCCc1nc2c(=O)[nH]c(N)nc2n1[C@@H]1O[C@H](CS)[C@@H](O)[C@H]1OC. The first-order valence-electron chi connectivity index (χ1n) is 7.75. The highest BCUT2D eigenvalue weighted by atomic mass is 32.1. The third kappa shape index (κ3) is 2.69. The molecule has 1 aliphatic heterocycles. The van der Waals surface area contributed by atoms with Gasteiger partial charge in [0.25, 0.3) is 5.56 Å². The number of nitrogen functional groups attached to an aromatic ring is 1. The predicted molar refractivity (Wildman–Crippen MR) is 91.1 cm³/mol. The van der Waals surface area contributed by atoms with Gasteiger partial charge in [0, 0.05) is 19.3 Å². The molecule has 0 bridgehead atoms. The standard InChI is InChI=1S/C14H21N5O4S/c1-3-4-7-16-8-11(17-14(15)18-12(8)21)19(7)13-10(22-2)9(20)6(5-24)23-13/h6,9-10,13,20,24H,3-5H2,1-2H3,(H3,15,17,18,21)/t6-,9-,10-,13-/m1/s1. The number of H-pyrrole nitrogens is 1. The Labute approximate surface area is 143 Å². The van der Waals surface area contributed by atoms with Crippen molar-refractivity contribution >= 4 is 29.7 Å². The minimum atomic E-state index is -0.844. The van der Waals surface area contributed by atoms with E-state index in [4.69, 9.17) is 15.2 Å². The van der Waals surface area contributed by atoms with Gasteiger partial charge in [0.05, 0.1) is 6.10 Å². The van der Waals surface area contributed by atoms with Gasteiger partial charge in [0.15, 0.2) is 17.4 Å². The van der Waals surface area contributed by atoms with Crippen LogP contribution in [0.5, 0.6) is 0 Å². The quantitative estimate of drug-likeness (QED) is 0.549. The summed E-state index contributed by atoms with van der Waals surface area (Å²) in [6.45, 7) is 2.00. The molecule has 0 unspecified atom stereocenters. The third-order valence-corrected chi connectivity index (χ3v) is 4.49. The topological polar surface area (TPSA) is 128 Å². The Hall–Kier alpha value is -1.62. The zero-order chi connectivity index (χ0) is 17.4. The number of imidazole rings is 1. The number of aromatic amines is 1. The average molecular weight is 355 g/mol. The number of nitrogens with one attached hydrogen (secondary N) is 1. The predicted octanol–water partition coefficient (Wildman–Crippen LogP) is -0.143. The zero-order valence-corrected chi connectivity index (χ0v) is 14.4. The second-order valence-electron chi connectivity index (χ2n) is 5.71. The van der Waals surface area contributed by atoms with Crippen LogP contribution in [0.4, 0.5) is 5.95 Å². The molecule has 0 aromatic carbocycles. The highest BCUT2D eigenvalue weighted by molar-refractivity contribution is 7.80. The fourth-order valence-corrected chi connectivity index (χ4v) is 3.35. The second-order valence-corrected chi connectivity index (χ2v) is 6.08. The molecule has 3 heterocycles. The van der Waals surface area contributed by atoms with Crippen molar-refractivity contribution in [1.82, 2.24) is 19.5 Å². The van der Waals surface area contributed by atoms with Crippen molar-refractivity contribution in [3.8, 4) is 0 Å². The van der Waals surface area contributed by atoms with E-state index >= 15 is 0 Å². The van der Waals surface area contributed by atoms with E-state index < -0.39 is 30.1 Å². The minimum Gasteiger partial charge on any atom is -0.387 e. The van der Waals surface area contributed by atoms with Crippen molar-refractivity contribution < 1.29 is 14.6 Å². The van der Waals surface area contributed by atoms with E-state index in [0.717, 1.165) is 6.42 Å². The maximum Gasteiger partial charge on any atom is 0.280 e. The summed E-state index contributed by atoms with van der Waals surface area (Å²) in [6, 6.07) is 0. The molecule has 1 fully saturated rings. The van der Waals surface area contributed by atoms with Crippen molar-refractivity contribution in [1.29, 1.82) is 0 Å². The van der Waals surface area contributed by atoms with E-state index in [9.17, 15) is 9.90 Å². The Morgan fingerprint density at radius 3 is 2.88 bits per heavy atom. The van der Waals surface area contributed by atoms with E-state index in [-0.39, 0.29) is 11.5 Å². The molecule has 24 heavy (non-hydrogen) atoms. The van der Waals surface area contributed by atoms with Gasteiger partial charge in [-0.15, -0.1) is 0 Å². The van der Waals surface area contributed by atoms with Gasteiger partial charge in [-0.25, -0.2) is 4.98 Å². The van der Waals surface area contributed by atoms with E-state index in [2.05, 4.69) is 27.6 Å². The molecular weight excluding hydrogens is 334 g/mol. The van der Waals surface area contributed by atoms with Crippen molar-refractivity contribution in [2.45, 2.75) is 44.3 Å². The Bertz CT molecular complexity index is 791. The van der Waals surface area contributed by atoms with Crippen LogP contribution in [0.1, 0.15) is 25.4 Å². The first-order chi connectivity index (χ1) is 11.5. The number of aromatic nitrogens is 4. The molecule has 1 saturated heterocycles. The van der Waals surface area contributed by atoms with Crippen LogP contribution in [-0.2, 0) is 15.9 Å². The van der Waals surface area contributed by atoms with E-state index in [1.165, 1.54) is 7.11 Å². The molecule has 0 saturated carbocycles. The smallest absolute Gasteiger partial charge is 0.280 e. The number of hydrogen-bond donors (Lipinski definition) is 4. The largest absolute Gasteiger partial charge is 0.387 e. The van der Waals surface area contributed by atoms with Crippen molar-refractivity contribution in [2.24, 2.45) is 0 Å². The maximum atomic E-state index is 12.1. The number of methoxy groups -OCH3 is 1. The number of ether oxygens (including phenoxy) is 2. The zero-order valence-electron chi connectivity index (χ0n) is 13.5. The van der Waals surface area contributed by atoms with Crippen molar-refractivity contribution in [2.75, 3.05) is 18.6 Å². The minimum absolute atomic E-state index is 0.00467. The third-order valence-electron chi connectivity index (χ3n) is 4.13. The van der Waals surface area contributed by atoms with Crippen LogP contribution in [0.25, 0.3) is 11.2 Å². The van der Waals surface area contributed by atoms with Crippen LogP contribution in [0, 0.1) is 0 Å². The molecule has 0 aliphatic carbocycles. The molecule has 1 aliphatic rings. The lowest BCUT2D eigenvalue weighted by molar-refractivity contribution is -0.0480. The van der Waals surface area contributed by atoms with Crippen LogP contribution < -0.4 is 11.3 Å². The van der Waals surface area contributed by atoms with E-state index in [1.54, 1.807) is 4.57 Å². The summed E-state index contributed by atoms with van der Waals surface area (Å²) in [6.07, 6.45) is -1.19. The number of hydrogen-bond acceptors (Lipinski definition) is 8. The highest BCUT2D eigenvalue weighted by Gasteiger charge is 2.45. The summed E-state index contributed by atoms with van der Waals surface area (Å²) >= 11 is 4.21. The monoisotopic (exact) mass is 355 g/mol. The molecule has 4 atom stereocenters.